The summed E-state index contributed by atoms with van der Waals surface area (Å²) in [7, 11) is 0. The number of hydrogen-bond acceptors (Lipinski definition) is 5. The van der Waals surface area contributed by atoms with Crippen LogP contribution in [0, 0.1) is 12.7 Å². The number of benzene rings is 2. The molecule has 0 aliphatic carbocycles. The summed E-state index contributed by atoms with van der Waals surface area (Å²) in [6.07, 6.45) is 3.59. The second-order valence-electron chi connectivity index (χ2n) is 6.21. The van der Waals surface area contributed by atoms with Crippen LogP contribution in [0.2, 0.25) is 0 Å². The van der Waals surface area contributed by atoms with Crippen LogP contribution in [-0.4, -0.2) is 31.7 Å². The Labute approximate surface area is 161 Å². The van der Waals surface area contributed by atoms with Gasteiger partial charge in [0.1, 0.15) is 5.82 Å². The topological polar surface area (TPSA) is 73.9 Å². The molecule has 1 aliphatic heterocycles. The minimum Gasteiger partial charge on any atom is -0.490 e. The highest BCUT2D eigenvalue weighted by Gasteiger charge is 2.10. The molecule has 0 radical (unpaired) electrons. The van der Waals surface area contributed by atoms with Gasteiger partial charge in [0, 0.05) is 18.2 Å². The highest BCUT2D eigenvalue weighted by atomic mass is 19.1. The first kappa shape index (κ1) is 19.4. The predicted molar refractivity (Wildman–Crippen MR) is 102 cm³/mol. The van der Waals surface area contributed by atoms with Crippen molar-refractivity contribution in [2.75, 3.05) is 25.1 Å². The molecule has 7 heteroatoms. The van der Waals surface area contributed by atoms with Crippen molar-refractivity contribution < 1.29 is 28.2 Å². The van der Waals surface area contributed by atoms with Crippen LogP contribution >= 0.6 is 0 Å². The monoisotopic (exact) mass is 385 g/mol. The molecule has 1 N–H and O–H groups in total. The van der Waals surface area contributed by atoms with E-state index in [4.69, 9.17) is 14.2 Å². The van der Waals surface area contributed by atoms with Crippen molar-refractivity contribution in [1.29, 1.82) is 0 Å². The zero-order valence-electron chi connectivity index (χ0n) is 15.4. The van der Waals surface area contributed by atoms with Crippen molar-refractivity contribution in [1.82, 2.24) is 0 Å². The molecule has 28 heavy (non-hydrogen) atoms. The Balaban J connectivity index is 1.50. The number of fused-ring (bicyclic) bond motifs is 1. The third kappa shape index (κ3) is 5.33. The number of aryl methyl sites for hydroxylation is 1. The quantitative estimate of drug-likeness (QED) is 0.630. The van der Waals surface area contributed by atoms with Gasteiger partial charge in [-0.15, -0.1) is 0 Å². The average molecular weight is 385 g/mol. The molecule has 0 aromatic heterocycles. The van der Waals surface area contributed by atoms with E-state index in [1.807, 2.05) is 0 Å². The van der Waals surface area contributed by atoms with E-state index < -0.39 is 24.3 Å². The van der Waals surface area contributed by atoms with E-state index in [0.29, 0.717) is 36.0 Å². The fourth-order valence-electron chi connectivity index (χ4n) is 2.50. The number of anilines is 1. The maximum absolute atomic E-state index is 13.5. The van der Waals surface area contributed by atoms with Crippen molar-refractivity contribution in [3.05, 3.63) is 59.4 Å². The Morgan fingerprint density at radius 2 is 1.93 bits per heavy atom. The van der Waals surface area contributed by atoms with Crippen molar-refractivity contribution >= 4 is 23.6 Å². The molecule has 0 bridgehead atoms. The van der Waals surface area contributed by atoms with Gasteiger partial charge >= 0.3 is 5.97 Å². The molecule has 6 nitrogen and oxygen atoms in total. The molecule has 1 heterocycles. The summed E-state index contributed by atoms with van der Waals surface area (Å²) in [6, 6.07) is 9.66. The Bertz CT molecular complexity index is 910. The molecular weight excluding hydrogens is 365 g/mol. The van der Waals surface area contributed by atoms with Gasteiger partial charge in [-0.1, -0.05) is 12.1 Å². The Hall–Kier alpha value is -3.35. The lowest BCUT2D eigenvalue weighted by atomic mass is 10.2. The minimum atomic E-state index is -0.669. The van der Waals surface area contributed by atoms with E-state index in [1.54, 1.807) is 43.3 Å². The highest BCUT2D eigenvalue weighted by Crippen LogP contribution is 2.30. The number of ether oxygens (including phenoxy) is 3. The lowest BCUT2D eigenvalue weighted by molar-refractivity contribution is -0.142. The molecule has 1 amide bonds. The number of amides is 1. The maximum Gasteiger partial charge on any atom is 0.331 e. The van der Waals surface area contributed by atoms with Gasteiger partial charge in [-0.05, 0) is 48.4 Å². The van der Waals surface area contributed by atoms with Crippen LogP contribution < -0.4 is 14.8 Å². The summed E-state index contributed by atoms with van der Waals surface area (Å²) < 4.78 is 29.5. The van der Waals surface area contributed by atoms with Gasteiger partial charge in [0.25, 0.3) is 5.91 Å². The molecular formula is C21H20FNO5. The van der Waals surface area contributed by atoms with Gasteiger partial charge < -0.3 is 19.5 Å². The zero-order valence-corrected chi connectivity index (χ0v) is 15.4. The zero-order chi connectivity index (χ0) is 19.9. The van der Waals surface area contributed by atoms with Gasteiger partial charge in [-0.25, -0.2) is 9.18 Å². The Morgan fingerprint density at radius 3 is 2.71 bits per heavy atom. The average Bonchev–Trinajstić information content (AvgIpc) is 2.92. The molecule has 3 rings (SSSR count). The summed E-state index contributed by atoms with van der Waals surface area (Å²) in [4.78, 5) is 23.6. The molecule has 0 unspecified atom stereocenters. The van der Waals surface area contributed by atoms with Gasteiger partial charge in [0.05, 0.1) is 13.2 Å². The van der Waals surface area contributed by atoms with Gasteiger partial charge in [0.2, 0.25) is 0 Å². The number of halogens is 1. The lowest BCUT2D eigenvalue weighted by Crippen LogP contribution is -2.20. The summed E-state index contributed by atoms with van der Waals surface area (Å²) in [5.41, 5.74) is 1.51. The second kappa shape index (κ2) is 9.03. The highest BCUT2D eigenvalue weighted by molar-refractivity contribution is 5.94. The molecule has 0 atom stereocenters. The SMILES string of the molecule is Cc1ccc(NC(=O)COC(=O)/C=C/c2ccc3c(c2)OCCCO3)cc1F. The van der Waals surface area contributed by atoms with Gasteiger partial charge in [-0.3, -0.25) is 4.79 Å². The second-order valence-corrected chi connectivity index (χ2v) is 6.21. The summed E-state index contributed by atoms with van der Waals surface area (Å²) in [6.45, 7) is 2.33. The Kier molecular flexibility index (Phi) is 6.26. The van der Waals surface area contributed by atoms with E-state index in [0.717, 1.165) is 12.0 Å². The van der Waals surface area contributed by atoms with Crippen LogP contribution in [0.15, 0.2) is 42.5 Å². The van der Waals surface area contributed by atoms with E-state index in [2.05, 4.69) is 5.32 Å². The molecule has 0 saturated heterocycles. The van der Waals surface area contributed by atoms with Crippen LogP contribution in [-0.2, 0) is 14.3 Å². The third-order valence-electron chi connectivity index (χ3n) is 3.98. The van der Waals surface area contributed by atoms with Crippen LogP contribution in [0.1, 0.15) is 17.5 Å². The van der Waals surface area contributed by atoms with Crippen molar-refractivity contribution in [2.24, 2.45) is 0 Å². The number of carbonyl (C=O) groups is 2. The first-order valence-electron chi connectivity index (χ1n) is 8.82. The largest absolute Gasteiger partial charge is 0.490 e. The van der Waals surface area contributed by atoms with E-state index >= 15 is 0 Å². The molecule has 0 spiro atoms. The summed E-state index contributed by atoms with van der Waals surface area (Å²) >= 11 is 0. The van der Waals surface area contributed by atoms with Gasteiger partial charge in [0.15, 0.2) is 18.1 Å². The standard InChI is InChI=1S/C21H20FNO5/c1-14-3-6-16(12-17(14)22)23-20(24)13-28-21(25)8-5-15-4-7-18-19(11-15)27-10-2-9-26-18/h3-8,11-12H,2,9-10,13H2,1H3,(H,23,24)/b8-5+. The lowest BCUT2D eigenvalue weighted by Gasteiger charge is -2.07. The third-order valence-corrected chi connectivity index (χ3v) is 3.98. The van der Waals surface area contributed by atoms with Crippen molar-refractivity contribution in [3.8, 4) is 11.5 Å². The fraction of sp³-hybridized carbons (Fsp3) is 0.238. The normalized spacial score (nSPS) is 13.1. The van der Waals surface area contributed by atoms with Crippen molar-refractivity contribution in [3.63, 3.8) is 0 Å². The number of nitrogens with one attached hydrogen (secondary N) is 1. The molecule has 0 fully saturated rings. The first-order valence-corrected chi connectivity index (χ1v) is 8.82. The smallest absolute Gasteiger partial charge is 0.331 e. The Morgan fingerprint density at radius 1 is 1.14 bits per heavy atom. The van der Waals surface area contributed by atoms with Crippen LogP contribution in [0.4, 0.5) is 10.1 Å². The first-order chi connectivity index (χ1) is 13.5. The number of rotatable bonds is 5. The molecule has 2 aromatic rings. The van der Waals surface area contributed by atoms with Crippen LogP contribution in [0.5, 0.6) is 11.5 Å². The molecule has 1 aliphatic rings. The van der Waals surface area contributed by atoms with Crippen molar-refractivity contribution in [2.45, 2.75) is 13.3 Å². The maximum atomic E-state index is 13.5. The molecule has 146 valence electrons. The van der Waals surface area contributed by atoms with Gasteiger partial charge in [-0.2, -0.15) is 0 Å². The summed E-state index contributed by atoms with van der Waals surface area (Å²) in [5.74, 6) is -0.357. The summed E-state index contributed by atoms with van der Waals surface area (Å²) in [5, 5.41) is 2.47. The minimum absolute atomic E-state index is 0.298. The number of esters is 1. The fourth-order valence-corrected chi connectivity index (χ4v) is 2.50. The van der Waals surface area contributed by atoms with E-state index in [-0.39, 0.29) is 0 Å². The molecule has 0 saturated carbocycles. The van der Waals surface area contributed by atoms with E-state index in [9.17, 15) is 14.0 Å². The predicted octanol–water partition coefficient (Wildman–Crippen LogP) is 3.49. The van der Waals surface area contributed by atoms with E-state index in [1.165, 1.54) is 12.1 Å². The number of hydrogen-bond donors (Lipinski definition) is 1. The molecule has 2 aromatic carbocycles. The van der Waals surface area contributed by atoms with Crippen LogP contribution in [0.25, 0.3) is 6.08 Å². The van der Waals surface area contributed by atoms with Crippen LogP contribution in [0.3, 0.4) is 0 Å². The number of carbonyl (C=O) groups excluding carboxylic acids is 2.